The van der Waals surface area contributed by atoms with E-state index in [0.717, 1.165) is 0 Å². The van der Waals surface area contributed by atoms with E-state index in [1.54, 1.807) is 51.4 Å². The fourth-order valence-electron chi connectivity index (χ4n) is 2.12. The summed E-state index contributed by atoms with van der Waals surface area (Å²) >= 11 is 0.608. The van der Waals surface area contributed by atoms with Crippen molar-refractivity contribution in [3.63, 3.8) is 0 Å². The maximum atomic E-state index is 1.60. The Morgan fingerprint density at radius 2 is 1.00 bits per heavy atom. The minimum absolute atomic E-state index is 0.608. The fraction of sp³-hybridized carbons (Fsp3) is 1.00. The number of hydrogen-bond acceptors (Lipinski definition) is 0. The first-order chi connectivity index (χ1) is 5.45. The monoisotopic (exact) mass is 333 g/mol. The fourth-order valence-corrected chi connectivity index (χ4v) is 7.01. The summed E-state index contributed by atoms with van der Waals surface area (Å²) in [6, 6.07) is 0. The Morgan fingerprint density at radius 1 is 0.636 bits per heavy atom. The van der Waals surface area contributed by atoms with Crippen molar-refractivity contribution in [2.24, 2.45) is 0 Å². The molecule has 0 spiro atoms. The predicted molar refractivity (Wildman–Crippen MR) is 44.4 cm³/mol. The SMILES string of the molecule is C1CC[CH]([Pt][CH]2CCCC2)C1. The molecule has 0 aliphatic heterocycles. The van der Waals surface area contributed by atoms with Crippen LogP contribution in [0.2, 0.25) is 8.62 Å². The molecule has 0 aromatic rings. The van der Waals surface area contributed by atoms with E-state index in [0.29, 0.717) is 18.6 Å². The van der Waals surface area contributed by atoms with Crippen molar-refractivity contribution in [1.82, 2.24) is 0 Å². The molecule has 2 aliphatic rings. The van der Waals surface area contributed by atoms with E-state index in [2.05, 4.69) is 0 Å². The molecule has 2 saturated carbocycles. The Labute approximate surface area is 78.7 Å². The average molecular weight is 333 g/mol. The van der Waals surface area contributed by atoms with Crippen molar-refractivity contribution >= 4 is 0 Å². The summed E-state index contributed by atoms with van der Waals surface area (Å²) in [5, 5.41) is 0. The third-order valence-corrected chi connectivity index (χ3v) is 7.56. The molecular weight excluding hydrogens is 315 g/mol. The Bertz CT molecular complexity index is 96.0. The minimum atomic E-state index is 0.608. The van der Waals surface area contributed by atoms with Crippen LogP contribution in [0.15, 0.2) is 0 Å². The summed E-state index contributed by atoms with van der Waals surface area (Å²) in [6.45, 7) is 0. The Morgan fingerprint density at radius 3 is 1.36 bits per heavy atom. The summed E-state index contributed by atoms with van der Waals surface area (Å²) in [7, 11) is 0. The molecule has 1 heteroatoms. The Hall–Kier alpha value is 0.688. The maximum absolute atomic E-state index is 1.60. The quantitative estimate of drug-likeness (QED) is 0.721. The van der Waals surface area contributed by atoms with Gasteiger partial charge in [-0.15, -0.1) is 0 Å². The summed E-state index contributed by atoms with van der Waals surface area (Å²) in [4.78, 5) is 0. The van der Waals surface area contributed by atoms with Crippen molar-refractivity contribution in [3.05, 3.63) is 0 Å². The topological polar surface area (TPSA) is 0 Å². The second-order valence-corrected chi connectivity index (χ2v) is 8.24. The molecule has 0 aromatic carbocycles. The van der Waals surface area contributed by atoms with Crippen molar-refractivity contribution in [2.45, 2.75) is 60.0 Å². The van der Waals surface area contributed by atoms with Gasteiger partial charge < -0.3 is 0 Å². The molecule has 11 heavy (non-hydrogen) atoms. The Balaban J connectivity index is 1.71. The van der Waals surface area contributed by atoms with E-state index in [1.807, 2.05) is 0 Å². The molecule has 0 aromatic heterocycles. The Kier molecular flexibility index (Phi) is 3.07. The summed E-state index contributed by atoms with van der Waals surface area (Å²) in [5.41, 5.74) is 0. The molecule has 2 rings (SSSR count). The van der Waals surface area contributed by atoms with Crippen molar-refractivity contribution in [2.75, 3.05) is 0 Å². The van der Waals surface area contributed by atoms with Crippen molar-refractivity contribution in [1.29, 1.82) is 0 Å². The molecule has 0 amide bonds. The van der Waals surface area contributed by atoms with Gasteiger partial charge in [0.2, 0.25) is 0 Å². The first-order valence-corrected chi connectivity index (χ1v) is 7.62. The summed E-state index contributed by atoms with van der Waals surface area (Å²) in [6.07, 6.45) is 12.6. The second kappa shape index (κ2) is 4.08. The van der Waals surface area contributed by atoms with Crippen LogP contribution in [-0.4, -0.2) is 0 Å². The van der Waals surface area contributed by atoms with E-state index < -0.39 is 0 Å². The molecule has 0 unspecified atom stereocenters. The van der Waals surface area contributed by atoms with Crippen LogP contribution < -0.4 is 0 Å². The molecular formula is C10H18Pt. The first-order valence-electron chi connectivity index (χ1n) is 5.00. The second-order valence-electron chi connectivity index (χ2n) is 3.77. The number of rotatable bonds is 2. The van der Waals surface area contributed by atoms with Gasteiger partial charge in [0.1, 0.15) is 0 Å². The van der Waals surface area contributed by atoms with Gasteiger partial charge in [0.25, 0.3) is 0 Å². The molecule has 0 heterocycles. The molecule has 2 aliphatic carbocycles. The van der Waals surface area contributed by atoms with Crippen LogP contribution in [0.3, 0.4) is 0 Å². The van der Waals surface area contributed by atoms with E-state index in [-0.39, 0.29) is 0 Å². The van der Waals surface area contributed by atoms with Gasteiger partial charge in [-0.05, 0) is 0 Å². The summed E-state index contributed by atoms with van der Waals surface area (Å²) < 4.78 is 2.50. The van der Waals surface area contributed by atoms with Gasteiger partial charge in [0.05, 0.1) is 0 Å². The first kappa shape index (κ1) is 8.29. The molecule has 0 saturated heterocycles. The van der Waals surface area contributed by atoms with Crippen LogP contribution in [0, 0.1) is 0 Å². The van der Waals surface area contributed by atoms with E-state index in [4.69, 9.17) is 0 Å². The van der Waals surface area contributed by atoms with Crippen LogP contribution in [0.1, 0.15) is 51.4 Å². The van der Waals surface area contributed by atoms with Gasteiger partial charge in [-0.2, -0.15) is 0 Å². The third kappa shape index (κ3) is 2.31. The van der Waals surface area contributed by atoms with Crippen LogP contribution in [0.25, 0.3) is 0 Å². The van der Waals surface area contributed by atoms with Crippen LogP contribution in [-0.2, 0) is 18.6 Å². The standard InChI is InChI=1S/2C5H9.Pt/c2*1-2-4-5-3-1;/h2*1H,2-5H2;. The molecule has 2 fully saturated rings. The average Bonchev–Trinajstić information content (AvgIpc) is 2.60. The van der Waals surface area contributed by atoms with Gasteiger partial charge in [-0.1, -0.05) is 0 Å². The molecule has 0 N–H and O–H groups in total. The van der Waals surface area contributed by atoms with Gasteiger partial charge in [-0.25, -0.2) is 0 Å². The van der Waals surface area contributed by atoms with E-state index in [9.17, 15) is 0 Å². The molecule has 0 radical (unpaired) electrons. The molecule has 0 bridgehead atoms. The van der Waals surface area contributed by atoms with Gasteiger partial charge >= 0.3 is 78.5 Å². The van der Waals surface area contributed by atoms with E-state index >= 15 is 0 Å². The van der Waals surface area contributed by atoms with Crippen molar-refractivity contribution in [3.8, 4) is 0 Å². The van der Waals surface area contributed by atoms with Crippen molar-refractivity contribution < 1.29 is 18.6 Å². The zero-order valence-corrected chi connectivity index (χ0v) is 9.40. The zero-order chi connectivity index (χ0) is 7.52. The number of hydrogen-bond donors (Lipinski definition) is 0. The third-order valence-electron chi connectivity index (χ3n) is 2.80. The van der Waals surface area contributed by atoms with Crippen LogP contribution >= 0.6 is 0 Å². The van der Waals surface area contributed by atoms with Crippen LogP contribution in [0.5, 0.6) is 0 Å². The molecule has 0 atom stereocenters. The van der Waals surface area contributed by atoms with Gasteiger partial charge in [0.15, 0.2) is 0 Å². The zero-order valence-electron chi connectivity index (χ0n) is 7.13. The van der Waals surface area contributed by atoms with Crippen LogP contribution in [0.4, 0.5) is 0 Å². The van der Waals surface area contributed by atoms with Gasteiger partial charge in [0, 0.05) is 0 Å². The molecule has 68 valence electrons. The predicted octanol–water partition coefficient (Wildman–Crippen LogP) is 3.79. The van der Waals surface area contributed by atoms with Gasteiger partial charge in [-0.3, -0.25) is 0 Å². The normalized spacial score (nSPS) is 28.7. The van der Waals surface area contributed by atoms with E-state index in [1.165, 1.54) is 8.62 Å². The summed E-state index contributed by atoms with van der Waals surface area (Å²) in [5.74, 6) is 0. The molecule has 0 nitrogen and oxygen atoms in total.